The fourth-order valence-corrected chi connectivity index (χ4v) is 5.48. The number of thiazole rings is 1. The lowest BCUT2D eigenvalue weighted by Gasteiger charge is -2.24. The maximum absolute atomic E-state index is 13.2. The van der Waals surface area contributed by atoms with Crippen LogP contribution in [0.4, 0.5) is 0 Å². The summed E-state index contributed by atoms with van der Waals surface area (Å²) in [6.07, 6.45) is 1.68. The Morgan fingerprint density at radius 3 is 2.82 bits per heavy atom. The molecule has 0 bridgehead atoms. The third-order valence-corrected chi connectivity index (χ3v) is 7.74. The van der Waals surface area contributed by atoms with Crippen molar-refractivity contribution in [3.8, 4) is 0 Å². The molecule has 1 unspecified atom stereocenters. The van der Waals surface area contributed by atoms with Gasteiger partial charge in [-0.3, -0.25) is 4.79 Å². The molecule has 1 aliphatic heterocycles. The van der Waals surface area contributed by atoms with Crippen molar-refractivity contribution >= 4 is 49.1 Å². The minimum absolute atomic E-state index is 0.0125. The molecule has 1 amide bonds. The summed E-state index contributed by atoms with van der Waals surface area (Å²) in [5.41, 5.74) is 1.10. The van der Waals surface area contributed by atoms with Gasteiger partial charge in [-0.2, -0.15) is 0 Å². The van der Waals surface area contributed by atoms with E-state index >= 15 is 0 Å². The van der Waals surface area contributed by atoms with E-state index in [1.807, 2.05) is 24.3 Å². The maximum atomic E-state index is 13.2. The zero-order valence-corrected chi connectivity index (χ0v) is 17.4. The number of benzene rings is 2. The predicted octanol–water partition coefficient (Wildman–Crippen LogP) is 3.84. The highest BCUT2D eigenvalue weighted by Crippen LogP contribution is 2.38. The Balaban J connectivity index is 1.70. The van der Waals surface area contributed by atoms with Crippen LogP contribution in [-0.4, -0.2) is 37.8 Å². The van der Waals surface area contributed by atoms with E-state index in [9.17, 15) is 13.2 Å². The minimum atomic E-state index is -3.67. The van der Waals surface area contributed by atoms with Crippen LogP contribution < -0.4 is 4.72 Å². The van der Waals surface area contributed by atoms with E-state index in [0.717, 1.165) is 28.1 Å². The number of halogens is 1. The Labute approximate surface area is 172 Å². The van der Waals surface area contributed by atoms with Gasteiger partial charge in [0.1, 0.15) is 5.01 Å². The van der Waals surface area contributed by atoms with Crippen molar-refractivity contribution < 1.29 is 13.2 Å². The number of carbonyl (C=O) groups excluding carboxylic acids is 1. The monoisotopic (exact) mass is 435 g/mol. The molecular formula is C19H18ClN3O3S2. The topological polar surface area (TPSA) is 79.4 Å². The van der Waals surface area contributed by atoms with E-state index in [1.165, 1.54) is 25.2 Å². The molecular weight excluding hydrogens is 418 g/mol. The number of para-hydroxylation sites is 1. The van der Waals surface area contributed by atoms with Crippen LogP contribution in [0.5, 0.6) is 0 Å². The van der Waals surface area contributed by atoms with Crippen LogP contribution in [0, 0.1) is 0 Å². The van der Waals surface area contributed by atoms with Gasteiger partial charge >= 0.3 is 0 Å². The Kier molecular flexibility index (Phi) is 5.13. The molecule has 1 aliphatic rings. The first-order valence-corrected chi connectivity index (χ1v) is 11.5. The van der Waals surface area contributed by atoms with E-state index in [4.69, 9.17) is 16.6 Å². The number of carbonyl (C=O) groups is 1. The number of fused-ring (bicyclic) bond motifs is 1. The van der Waals surface area contributed by atoms with Crippen molar-refractivity contribution in [1.82, 2.24) is 14.6 Å². The molecule has 1 aromatic heterocycles. The first-order chi connectivity index (χ1) is 13.4. The molecule has 0 radical (unpaired) electrons. The number of aromatic nitrogens is 1. The molecule has 1 atom stereocenters. The third-order valence-electron chi connectivity index (χ3n) is 4.86. The lowest BCUT2D eigenvalue weighted by molar-refractivity contribution is 0.0735. The average Bonchev–Trinajstić information content (AvgIpc) is 3.34. The van der Waals surface area contributed by atoms with Crippen LogP contribution in [0.1, 0.15) is 34.2 Å². The third kappa shape index (κ3) is 3.41. The summed E-state index contributed by atoms with van der Waals surface area (Å²) in [6.45, 7) is 0.582. The maximum Gasteiger partial charge on any atom is 0.256 e. The molecule has 0 saturated carbocycles. The number of hydrogen-bond donors (Lipinski definition) is 1. The van der Waals surface area contributed by atoms with Crippen LogP contribution in [0.2, 0.25) is 5.02 Å². The molecule has 4 rings (SSSR count). The van der Waals surface area contributed by atoms with E-state index in [0.29, 0.717) is 6.54 Å². The lowest BCUT2D eigenvalue weighted by Crippen LogP contribution is -2.31. The van der Waals surface area contributed by atoms with Crippen molar-refractivity contribution in [1.29, 1.82) is 0 Å². The molecule has 146 valence electrons. The SMILES string of the molecule is CNS(=O)(=O)c1ccc(Cl)c(C(=O)N2CCCC2c2nc3ccccc3s2)c1. The van der Waals surface area contributed by atoms with Gasteiger partial charge in [0.05, 0.1) is 31.7 Å². The minimum Gasteiger partial charge on any atom is -0.329 e. The normalized spacial score (nSPS) is 17.4. The summed E-state index contributed by atoms with van der Waals surface area (Å²) in [4.78, 5) is 19.7. The number of nitrogens with zero attached hydrogens (tertiary/aromatic N) is 2. The highest BCUT2D eigenvalue weighted by atomic mass is 35.5. The zero-order chi connectivity index (χ0) is 19.9. The van der Waals surface area contributed by atoms with Crippen LogP contribution in [0.25, 0.3) is 10.2 Å². The molecule has 3 aromatic rings. The molecule has 2 aromatic carbocycles. The second-order valence-electron chi connectivity index (χ2n) is 6.53. The number of sulfonamides is 1. The molecule has 1 fully saturated rings. The first-order valence-electron chi connectivity index (χ1n) is 8.80. The zero-order valence-electron chi connectivity index (χ0n) is 15.1. The van der Waals surface area contributed by atoms with E-state index in [-0.39, 0.29) is 27.4 Å². The van der Waals surface area contributed by atoms with Crippen LogP contribution >= 0.6 is 22.9 Å². The second-order valence-corrected chi connectivity index (χ2v) is 9.88. The molecule has 1 saturated heterocycles. The van der Waals surface area contributed by atoms with E-state index in [1.54, 1.807) is 16.2 Å². The van der Waals surface area contributed by atoms with Gasteiger partial charge in [0.2, 0.25) is 10.0 Å². The number of hydrogen-bond acceptors (Lipinski definition) is 5. The number of amides is 1. The van der Waals surface area contributed by atoms with Gasteiger partial charge < -0.3 is 4.90 Å². The Morgan fingerprint density at radius 2 is 2.07 bits per heavy atom. The standard InChI is InChI=1S/C19H18ClN3O3S2/c1-21-28(25,26)12-8-9-14(20)13(11-12)19(24)23-10-4-6-16(23)18-22-15-5-2-3-7-17(15)27-18/h2-3,5,7-9,11,16,21H,4,6,10H2,1H3. The lowest BCUT2D eigenvalue weighted by atomic mass is 10.1. The summed E-state index contributed by atoms with van der Waals surface area (Å²) in [5, 5.41) is 1.12. The summed E-state index contributed by atoms with van der Waals surface area (Å²) < 4.78 is 27.6. The Bertz CT molecular complexity index is 1130. The van der Waals surface area contributed by atoms with Crippen molar-refractivity contribution in [2.45, 2.75) is 23.8 Å². The Morgan fingerprint density at radius 1 is 1.29 bits per heavy atom. The van der Waals surface area contributed by atoms with E-state index in [2.05, 4.69) is 4.72 Å². The largest absolute Gasteiger partial charge is 0.329 e. The predicted molar refractivity (Wildman–Crippen MR) is 110 cm³/mol. The van der Waals surface area contributed by atoms with Crippen LogP contribution in [0.15, 0.2) is 47.4 Å². The molecule has 9 heteroatoms. The van der Waals surface area contributed by atoms with Crippen LogP contribution in [-0.2, 0) is 10.0 Å². The number of likely N-dealkylation sites (tertiary alicyclic amines) is 1. The van der Waals surface area contributed by atoms with E-state index < -0.39 is 10.0 Å². The summed E-state index contributed by atoms with van der Waals surface area (Å²) >= 11 is 7.83. The van der Waals surface area contributed by atoms with Crippen molar-refractivity contribution in [3.63, 3.8) is 0 Å². The molecule has 6 nitrogen and oxygen atoms in total. The average molecular weight is 436 g/mol. The number of nitrogens with one attached hydrogen (secondary N) is 1. The van der Waals surface area contributed by atoms with Gasteiger partial charge in [0.15, 0.2) is 0 Å². The first kappa shape index (κ1) is 19.3. The quantitative estimate of drug-likeness (QED) is 0.675. The number of rotatable bonds is 4. The highest BCUT2D eigenvalue weighted by Gasteiger charge is 2.34. The van der Waals surface area contributed by atoms with Crippen molar-refractivity contribution in [2.75, 3.05) is 13.6 Å². The highest BCUT2D eigenvalue weighted by molar-refractivity contribution is 7.89. The fourth-order valence-electron chi connectivity index (χ4n) is 3.41. The molecule has 0 spiro atoms. The smallest absolute Gasteiger partial charge is 0.256 e. The second kappa shape index (κ2) is 7.44. The van der Waals surface area contributed by atoms with Crippen LogP contribution in [0.3, 0.4) is 0 Å². The summed E-state index contributed by atoms with van der Waals surface area (Å²) in [5.74, 6) is -0.278. The van der Waals surface area contributed by atoms with Gasteiger partial charge in [0.25, 0.3) is 5.91 Å². The van der Waals surface area contributed by atoms with Gasteiger partial charge in [0, 0.05) is 6.54 Å². The summed E-state index contributed by atoms with van der Waals surface area (Å²) in [6, 6.07) is 11.9. The summed E-state index contributed by atoms with van der Waals surface area (Å²) in [7, 11) is -2.34. The Hall–Kier alpha value is -2.00. The fraction of sp³-hybridized carbons (Fsp3) is 0.263. The van der Waals surface area contributed by atoms with Gasteiger partial charge in [-0.05, 0) is 50.2 Å². The van der Waals surface area contributed by atoms with Crippen molar-refractivity contribution in [3.05, 3.63) is 58.1 Å². The molecule has 1 N–H and O–H groups in total. The molecule has 28 heavy (non-hydrogen) atoms. The molecule has 0 aliphatic carbocycles. The van der Waals surface area contributed by atoms with Crippen molar-refractivity contribution in [2.24, 2.45) is 0 Å². The van der Waals surface area contributed by atoms with Gasteiger partial charge in [-0.1, -0.05) is 23.7 Å². The van der Waals surface area contributed by atoms with Gasteiger partial charge in [-0.15, -0.1) is 11.3 Å². The van der Waals surface area contributed by atoms with Gasteiger partial charge in [-0.25, -0.2) is 18.1 Å². The molecule has 2 heterocycles.